The summed E-state index contributed by atoms with van der Waals surface area (Å²) in [6, 6.07) is 20.2. The van der Waals surface area contributed by atoms with Gasteiger partial charge in [0.25, 0.3) is 0 Å². The average Bonchev–Trinajstić information content (AvgIpc) is 3.26. The molecule has 2 amide bonds. The molecule has 31 heavy (non-hydrogen) atoms. The molecule has 0 spiro atoms. The van der Waals surface area contributed by atoms with E-state index in [9.17, 15) is 14.4 Å². The summed E-state index contributed by atoms with van der Waals surface area (Å²) < 4.78 is 0. The van der Waals surface area contributed by atoms with Gasteiger partial charge in [0.2, 0.25) is 11.8 Å². The Kier molecular flexibility index (Phi) is 3.72. The average molecular weight is 408 g/mol. The number of anilines is 2. The predicted octanol–water partition coefficient (Wildman–Crippen LogP) is 3.82. The van der Waals surface area contributed by atoms with Crippen molar-refractivity contribution >= 4 is 45.8 Å². The summed E-state index contributed by atoms with van der Waals surface area (Å²) in [7, 11) is 0. The molecule has 3 aromatic rings. The Morgan fingerprint density at radius 3 is 2.32 bits per heavy atom. The number of nitrogens with zero attached hydrogens (tertiary/aromatic N) is 2. The molecule has 3 aromatic carbocycles. The molecule has 3 aliphatic heterocycles. The Balaban J connectivity index is 1.50. The number of fused-ring (bicyclic) bond motifs is 6. The fourth-order valence-corrected chi connectivity index (χ4v) is 5.61. The molecule has 0 saturated carbocycles. The molecule has 5 nitrogen and oxygen atoms in total. The molecule has 0 unspecified atom stereocenters. The summed E-state index contributed by atoms with van der Waals surface area (Å²) in [4.78, 5) is 43.5. The van der Waals surface area contributed by atoms with Gasteiger partial charge in [0.1, 0.15) is 6.04 Å². The van der Waals surface area contributed by atoms with Gasteiger partial charge in [0.15, 0.2) is 5.78 Å². The number of carbonyl (C=O) groups is 3. The summed E-state index contributed by atoms with van der Waals surface area (Å²) >= 11 is 0. The molecule has 2 saturated heterocycles. The molecule has 0 bridgehead atoms. The molecular weight excluding hydrogens is 388 g/mol. The third kappa shape index (κ3) is 2.34. The zero-order chi connectivity index (χ0) is 21.3. The highest BCUT2D eigenvalue weighted by Crippen LogP contribution is 2.49. The van der Waals surface area contributed by atoms with Gasteiger partial charge in [-0.15, -0.1) is 0 Å². The third-order valence-electron chi connectivity index (χ3n) is 6.84. The lowest BCUT2D eigenvalue weighted by atomic mass is 9.88. The van der Waals surface area contributed by atoms with Gasteiger partial charge < -0.3 is 4.90 Å². The van der Waals surface area contributed by atoms with Gasteiger partial charge in [0, 0.05) is 11.1 Å². The summed E-state index contributed by atoms with van der Waals surface area (Å²) in [5, 5.41) is 1.82. The second-order valence-corrected chi connectivity index (χ2v) is 8.43. The van der Waals surface area contributed by atoms with Crippen molar-refractivity contribution in [2.45, 2.75) is 19.0 Å². The van der Waals surface area contributed by atoms with E-state index in [1.807, 2.05) is 83.8 Å². The Hall–Kier alpha value is -3.73. The lowest BCUT2D eigenvalue weighted by Gasteiger charge is -2.36. The molecule has 3 heterocycles. The minimum absolute atomic E-state index is 0.0940. The molecule has 0 radical (unpaired) electrons. The van der Waals surface area contributed by atoms with Crippen molar-refractivity contribution in [2.24, 2.45) is 11.8 Å². The Bertz CT molecular complexity index is 1310. The quantitative estimate of drug-likeness (QED) is 0.605. The van der Waals surface area contributed by atoms with E-state index in [-0.39, 0.29) is 23.6 Å². The van der Waals surface area contributed by atoms with Crippen LogP contribution in [0.3, 0.4) is 0 Å². The zero-order valence-electron chi connectivity index (χ0n) is 16.9. The lowest BCUT2D eigenvalue weighted by Crippen LogP contribution is -2.48. The Morgan fingerprint density at radius 2 is 1.48 bits per heavy atom. The van der Waals surface area contributed by atoms with Crippen LogP contribution < -0.4 is 9.80 Å². The molecular formula is C26H20N2O3. The summed E-state index contributed by atoms with van der Waals surface area (Å²) in [6.07, 6.45) is 3.97. The summed E-state index contributed by atoms with van der Waals surface area (Å²) in [6.45, 7) is 1.52. The third-order valence-corrected chi connectivity index (χ3v) is 6.84. The topological polar surface area (TPSA) is 57.7 Å². The number of benzene rings is 3. The first kappa shape index (κ1) is 18.1. The fourth-order valence-electron chi connectivity index (χ4n) is 5.61. The second kappa shape index (κ2) is 6.38. The number of rotatable bonds is 2. The SMILES string of the molecule is CC(=O)[C@@H]1[C@@H]2C(=O)N(c3cccc4ccccc34)C(=O)[C@H]2[C@@H]2C=Cc3ccccc3N12. The van der Waals surface area contributed by atoms with Crippen LogP contribution in [0.4, 0.5) is 11.4 Å². The molecule has 0 N–H and O–H groups in total. The normalized spacial score (nSPS) is 26.2. The van der Waals surface area contributed by atoms with Gasteiger partial charge in [0.05, 0.1) is 23.6 Å². The number of ketones is 1. The molecule has 3 aliphatic rings. The molecule has 0 aliphatic carbocycles. The van der Waals surface area contributed by atoms with Crippen LogP contribution in [0, 0.1) is 11.8 Å². The van der Waals surface area contributed by atoms with Crippen molar-refractivity contribution in [3.63, 3.8) is 0 Å². The Morgan fingerprint density at radius 1 is 0.806 bits per heavy atom. The second-order valence-electron chi connectivity index (χ2n) is 8.43. The zero-order valence-corrected chi connectivity index (χ0v) is 16.9. The number of para-hydroxylation sites is 1. The molecule has 0 aromatic heterocycles. The van der Waals surface area contributed by atoms with Gasteiger partial charge in [-0.1, -0.05) is 66.7 Å². The van der Waals surface area contributed by atoms with E-state index in [1.54, 1.807) is 0 Å². The number of hydrogen-bond donors (Lipinski definition) is 0. The van der Waals surface area contributed by atoms with Gasteiger partial charge in [-0.05, 0) is 30.0 Å². The van der Waals surface area contributed by atoms with Gasteiger partial charge >= 0.3 is 0 Å². The van der Waals surface area contributed by atoms with Crippen molar-refractivity contribution in [1.29, 1.82) is 0 Å². The van der Waals surface area contributed by atoms with Crippen molar-refractivity contribution in [3.05, 3.63) is 78.4 Å². The Labute approximate surface area is 179 Å². The van der Waals surface area contributed by atoms with Crippen LogP contribution in [0.5, 0.6) is 0 Å². The maximum atomic E-state index is 13.7. The van der Waals surface area contributed by atoms with Crippen LogP contribution in [0.2, 0.25) is 0 Å². The minimum Gasteiger partial charge on any atom is -0.353 e. The minimum atomic E-state index is -0.690. The van der Waals surface area contributed by atoms with Gasteiger partial charge in [-0.3, -0.25) is 14.4 Å². The predicted molar refractivity (Wildman–Crippen MR) is 120 cm³/mol. The van der Waals surface area contributed by atoms with Crippen molar-refractivity contribution in [3.8, 4) is 0 Å². The standard InChI is InChI=1S/C26H20N2O3/c1-15(29)24-23-22(21-14-13-17-8-3-5-11-19(17)27(21)24)25(30)28(26(23)31)20-12-6-9-16-7-2-4-10-18(16)20/h2-14,21-24H,1H3/t21-,22-,23+,24+/m0/s1. The maximum absolute atomic E-state index is 13.7. The monoisotopic (exact) mass is 408 g/mol. The fraction of sp³-hybridized carbons (Fsp3) is 0.192. The van der Waals surface area contributed by atoms with Gasteiger partial charge in [-0.2, -0.15) is 0 Å². The van der Waals surface area contributed by atoms with E-state index < -0.39 is 17.9 Å². The van der Waals surface area contributed by atoms with Crippen LogP contribution in [-0.2, 0) is 14.4 Å². The van der Waals surface area contributed by atoms with Crippen LogP contribution in [0.1, 0.15) is 12.5 Å². The first-order valence-corrected chi connectivity index (χ1v) is 10.5. The van der Waals surface area contributed by atoms with Crippen molar-refractivity contribution in [2.75, 3.05) is 9.80 Å². The van der Waals surface area contributed by atoms with E-state index in [0.29, 0.717) is 5.69 Å². The van der Waals surface area contributed by atoms with E-state index in [2.05, 4.69) is 0 Å². The molecule has 5 heteroatoms. The molecule has 4 atom stereocenters. The number of amides is 2. The summed E-state index contributed by atoms with van der Waals surface area (Å²) in [5.41, 5.74) is 2.49. The number of imide groups is 1. The smallest absolute Gasteiger partial charge is 0.240 e. The van der Waals surface area contributed by atoms with Gasteiger partial charge in [-0.25, -0.2) is 4.90 Å². The maximum Gasteiger partial charge on any atom is 0.240 e. The number of Topliss-reactive ketones (excluding diaryl/α,β-unsaturated/α-hetero) is 1. The van der Waals surface area contributed by atoms with Crippen molar-refractivity contribution in [1.82, 2.24) is 0 Å². The molecule has 6 rings (SSSR count). The van der Waals surface area contributed by atoms with Crippen LogP contribution in [0.15, 0.2) is 72.8 Å². The molecule has 2 fully saturated rings. The number of carbonyl (C=O) groups excluding carboxylic acids is 3. The van der Waals surface area contributed by atoms with E-state index in [4.69, 9.17) is 0 Å². The van der Waals surface area contributed by atoms with Crippen LogP contribution in [0.25, 0.3) is 16.8 Å². The van der Waals surface area contributed by atoms with Crippen LogP contribution >= 0.6 is 0 Å². The van der Waals surface area contributed by atoms with E-state index >= 15 is 0 Å². The largest absolute Gasteiger partial charge is 0.353 e. The highest BCUT2D eigenvalue weighted by molar-refractivity contribution is 6.27. The first-order chi connectivity index (χ1) is 15.1. The van der Waals surface area contributed by atoms with Crippen molar-refractivity contribution < 1.29 is 14.4 Å². The van der Waals surface area contributed by atoms with Crippen LogP contribution in [-0.4, -0.2) is 29.7 Å². The van der Waals surface area contributed by atoms with E-state index in [0.717, 1.165) is 22.0 Å². The summed E-state index contributed by atoms with van der Waals surface area (Å²) in [5.74, 6) is -1.88. The molecule has 152 valence electrons. The first-order valence-electron chi connectivity index (χ1n) is 10.5. The lowest BCUT2D eigenvalue weighted by molar-refractivity contribution is -0.126. The number of hydrogen-bond acceptors (Lipinski definition) is 4. The highest BCUT2D eigenvalue weighted by atomic mass is 16.2. The highest BCUT2D eigenvalue weighted by Gasteiger charge is 2.63. The van der Waals surface area contributed by atoms with E-state index in [1.165, 1.54) is 11.8 Å².